The van der Waals surface area contributed by atoms with Gasteiger partial charge in [-0.1, -0.05) is 25.1 Å². The lowest BCUT2D eigenvalue weighted by Crippen LogP contribution is -2.11. The molecule has 20 heavy (non-hydrogen) atoms. The minimum atomic E-state index is -0.855. The number of halogens is 2. The summed E-state index contributed by atoms with van der Waals surface area (Å²) in [4.78, 5) is 0. The van der Waals surface area contributed by atoms with Crippen LogP contribution >= 0.6 is 0 Å². The maximum absolute atomic E-state index is 13.0. The summed E-state index contributed by atoms with van der Waals surface area (Å²) in [6.07, 6.45) is 0. The molecule has 0 atom stereocenters. The molecule has 0 saturated heterocycles. The number of hydrogen-bond acceptors (Lipinski definition) is 2. The van der Waals surface area contributed by atoms with E-state index in [9.17, 15) is 8.78 Å². The molecule has 0 radical (unpaired) electrons. The van der Waals surface area contributed by atoms with E-state index in [-0.39, 0.29) is 6.61 Å². The van der Waals surface area contributed by atoms with Gasteiger partial charge in [0.15, 0.2) is 11.6 Å². The zero-order chi connectivity index (χ0) is 14.4. The van der Waals surface area contributed by atoms with Gasteiger partial charge >= 0.3 is 0 Å². The lowest BCUT2D eigenvalue weighted by molar-refractivity contribution is 0.305. The average Bonchev–Trinajstić information content (AvgIpc) is 2.47. The van der Waals surface area contributed by atoms with Crippen molar-refractivity contribution in [2.75, 3.05) is 6.54 Å². The summed E-state index contributed by atoms with van der Waals surface area (Å²) in [5.74, 6) is -0.997. The number of benzene rings is 2. The van der Waals surface area contributed by atoms with Crippen LogP contribution in [0.4, 0.5) is 8.78 Å². The average molecular weight is 277 g/mol. The second-order valence-electron chi connectivity index (χ2n) is 4.46. The fourth-order valence-electron chi connectivity index (χ4n) is 1.77. The number of nitrogens with one attached hydrogen (secondary N) is 1. The highest BCUT2D eigenvalue weighted by atomic mass is 19.2. The van der Waals surface area contributed by atoms with E-state index in [2.05, 4.69) is 12.2 Å². The number of hydrogen-bond donors (Lipinski definition) is 1. The van der Waals surface area contributed by atoms with Crippen molar-refractivity contribution in [3.63, 3.8) is 0 Å². The fraction of sp³-hybridized carbons (Fsp3) is 0.250. The van der Waals surface area contributed by atoms with Crippen LogP contribution in [0.25, 0.3) is 0 Å². The molecule has 1 N–H and O–H groups in total. The molecule has 2 nitrogen and oxygen atoms in total. The van der Waals surface area contributed by atoms with Gasteiger partial charge in [-0.05, 0) is 41.9 Å². The molecule has 0 unspecified atom stereocenters. The quantitative estimate of drug-likeness (QED) is 0.870. The monoisotopic (exact) mass is 277 g/mol. The first-order valence-corrected chi connectivity index (χ1v) is 6.55. The van der Waals surface area contributed by atoms with Gasteiger partial charge in [0.05, 0.1) is 0 Å². The van der Waals surface area contributed by atoms with E-state index in [1.54, 1.807) is 0 Å². The topological polar surface area (TPSA) is 21.3 Å². The first-order chi connectivity index (χ1) is 9.69. The minimum absolute atomic E-state index is 0.212. The lowest BCUT2D eigenvalue weighted by atomic mass is 10.2. The standard InChI is InChI=1S/C16H17F2NO/c1-2-19-10-12-3-6-14(7-4-12)20-11-13-5-8-15(17)16(18)9-13/h3-9,19H,2,10-11H2,1H3. The Morgan fingerprint density at radius 3 is 2.30 bits per heavy atom. The zero-order valence-corrected chi connectivity index (χ0v) is 11.3. The van der Waals surface area contributed by atoms with Crippen LogP contribution in [0.15, 0.2) is 42.5 Å². The fourth-order valence-corrected chi connectivity index (χ4v) is 1.77. The van der Waals surface area contributed by atoms with Gasteiger partial charge in [-0.25, -0.2) is 8.78 Å². The minimum Gasteiger partial charge on any atom is -0.489 e. The van der Waals surface area contributed by atoms with E-state index in [4.69, 9.17) is 4.74 Å². The van der Waals surface area contributed by atoms with Crippen LogP contribution in [0, 0.1) is 11.6 Å². The summed E-state index contributed by atoms with van der Waals surface area (Å²) in [7, 11) is 0. The van der Waals surface area contributed by atoms with Crippen LogP contribution in [0.1, 0.15) is 18.1 Å². The smallest absolute Gasteiger partial charge is 0.159 e. The molecule has 0 amide bonds. The molecular formula is C16H17F2NO. The van der Waals surface area contributed by atoms with E-state index in [1.807, 2.05) is 24.3 Å². The maximum Gasteiger partial charge on any atom is 0.159 e. The Kier molecular flexibility index (Phi) is 5.07. The molecule has 0 heterocycles. The van der Waals surface area contributed by atoms with Crippen LogP contribution in [0.5, 0.6) is 5.75 Å². The largest absolute Gasteiger partial charge is 0.489 e. The highest BCUT2D eigenvalue weighted by Crippen LogP contribution is 2.15. The van der Waals surface area contributed by atoms with Gasteiger partial charge in [0.1, 0.15) is 12.4 Å². The van der Waals surface area contributed by atoms with Crippen LogP contribution in [0.3, 0.4) is 0 Å². The van der Waals surface area contributed by atoms with Crippen molar-refractivity contribution >= 4 is 0 Å². The molecule has 0 aliphatic rings. The van der Waals surface area contributed by atoms with Crippen molar-refractivity contribution in [1.29, 1.82) is 0 Å². The first kappa shape index (κ1) is 14.5. The molecule has 106 valence electrons. The summed E-state index contributed by atoms with van der Waals surface area (Å²) in [6, 6.07) is 11.5. The highest BCUT2D eigenvalue weighted by molar-refractivity contribution is 5.27. The Morgan fingerprint density at radius 2 is 1.65 bits per heavy atom. The molecule has 2 rings (SSSR count). The SMILES string of the molecule is CCNCc1ccc(OCc2ccc(F)c(F)c2)cc1. The predicted octanol–water partition coefficient (Wildman–Crippen LogP) is 3.65. The third-order valence-electron chi connectivity index (χ3n) is 2.89. The Morgan fingerprint density at radius 1 is 0.950 bits per heavy atom. The second-order valence-corrected chi connectivity index (χ2v) is 4.46. The van der Waals surface area contributed by atoms with Gasteiger partial charge in [0.25, 0.3) is 0 Å². The van der Waals surface area contributed by atoms with Crippen molar-refractivity contribution in [1.82, 2.24) is 5.32 Å². The van der Waals surface area contributed by atoms with E-state index in [0.717, 1.165) is 25.2 Å². The summed E-state index contributed by atoms with van der Waals surface area (Å²) in [6.45, 7) is 4.01. The third-order valence-corrected chi connectivity index (χ3v) is 2.89. The Hall–Kier alpha value is -1.94. The van der Waals surface area contributed by atoms with Crippen molar-refractivity contribution in [2.45, 2.75) is 20.1 Å². The number of ether oxygens (including phenoxy) is 1. The van der Waals surface area contributed by atoms with Gasteiger partial charge in [-0.15, -0.1) is 0 Å². The maximum atomic E-state index is 13.0. The van der Waals surface area contributed by atoms with Gasteiger partial charge in [0, 0.05) is 6.54 Å². The molecule has 2 aromatic carbocycles. The molecular weight excluding hydrogens is 260 g/mol. The van der Waals surface area contributed by atoms with Crippen molar-refractivity contribution in [3.05, 3.63) is 65.2 Å². The van der Waals surface area contributed by atoms with E-state index < -0.39 is 11.6 Å². The van der Waals surface area contributed by atoms with Gasteiger partial charge < -0.3 is 10.1 Å². The van der Waals surface area contributed by atoms with Crippen molar-refractivity contribution < 1.29 is 13.5 Å². The summed E-state index contributed by atoms with van der Waals surface area (Å²) in [5.41, 5.74) is 1.77. The first-order valence-electron chi connectivity index (χ1n) is 6.55. The van der Waals surface area contributed by atoms with E-state index in [0.29, 0.717) is 11.3 Å². The summed E-state index contributed by atoms with van der Waals surface area (Å²) in [5, 5.41) is 3.24. The van der Waals surface area contributed by atoms with E-state index >= 15 is 0 Å². The lowest BCUT2D eigenvalue weighted by Gasteiger charge is -2.08. The molecule has 0 aliphatic heterocycles. The van der Waals surface area contributed by atoms with E-state index in [1.165, 1.54) is 11.6 Å². The molecule has 0 bridgehead atoms. The summed E-state index contributed by atoms with van der Waals surface area (Å²) >= 11 is 0. The molecule has 0 saturated carbocycles. The van der Waals surface area contributed by atoms with Crippen LogP contribution in [-0.2, 0) is 13.2 Å². The van der Waals surface area contributed by atoms with Gasteiger partial charge in [0.2, 0.25) is 0 Å². The molecule has 0 spiro atoms. The molecule has 2 aromatic rings. The Balaban J connectivity index is 1.91. The zero-order valence-electron chi connectivity index (χ0n) is 11.3. The van der Waals surface area contributed by atoms with Crippen LogP contribution in [0.2, 0.25) is 0 Å². The molecule has 0 aliphatic carbocycles. The van der Waals surface area contributed by atoms with Crippen molar-refractivity contribution in [2.24, 2.45) is 0 Å². The van der Waals surface area contributed by atoms with Crippen LogP contribution in [-0.4, -0.2) is 6.54 Å². The second kappa shape index (κ2) is 7.01. The van der Waals surface area contributed by atoms with Gasteiger partial charge in [-0.2, -0.15) is 0 Å². The number of rotatable bonds is 6. The summed E-state index contributed by atoms with van der Waals surface area (Å²) < 4.78 is 31.4. The highest BCUT2D eigenvalue weighted by Gasteiger charge is 2.03. The molecule has 0 aromatic heterocycles. The Labute approximate surface area is 117 Å². The van der Waals surface area contributed by atoms with Crippen LogP contribution < -0.4 is 10.1 Å². The predicted molar refractivity (Wildman–Crippen MR) is 74.5 cm³/mol. The molecule has 4 heteroatoms. The van der Waals surface area contributed by atoms with Gasteiger partial charge in [-0.3, -0.25) is 0 Å². The normalized spacial score (nSPS) is 10.6. The Bertz CT molecular complexity index is 555. The van der Waals surface area contributed by atoms with Crippen molar-refractivity contribution in [3.8, 4) is 5.75 Å². The molecule has 0 fully saturated rings. The third kappa shape index (κ3) is 4.03.